The Labute approximate surface area is 158 Å². The van der Waals surface area contributed by atoms with Gasteiger partial charge in [0.25, 0.3) is 11.6 Å². The molecule has 1 unspecified atom stereocenters. The van der Waals surface area contributed by atoms with Gasteiger partial charge in [-0.15, -0.1) is 0 Å². The third kappa shape index (κ3) is 6.54. The third-order valence-corrected chi connectivity index (χ3v) is 4.05. The zero-order valence-corrected chi connectivity index (χ0v) is 15.4. The van der Waals surface area contributed by atoms with E-state index in [1.165, 1.54) is 23.9 Å². The quantitative estimate of drug-likeness (QED) is 0.410. The average Bonchev–Trinajstić information content (AvgIpc) is 2.67. The van der Waals surface area contributed by atoms with Crippen molar-refractivity contribution >= 4 is 17.8 Å². The van der Waals surface area contributed by atoms with Crippen LogP contribution >= 0.6 is 0 Å². The Morgan fingerprint density at radius 3 is 2.48 bits per heavy atom. The molecule has 0 bridgehead atoms. The van der Waals surface area contributed by atoms with Gasteiger partial charge in [0.2, 0.25) is 0 Å². The van der Waals surface area contributed by atoms with Crippen molar-refractivity contribution < 1.29 is 14.5 Å². The topological polar surface area (TPSA) is 93.8 Å². The van der Waals surface area contributed by atoms with Crippen LogP contribution in [0.15, 0.2) is 53.6 Å². The zero-order valence-electron chi connectivity index (χ0n) is 15.4. The van der Waals surface area contributed by atoms with Crippen LogP contribution in [0.25, 0.3) is 0 Å². The van der Waals surface area contributed by atoms with Crippen LogP contribution in [0.5, 0.6) is 5.75 Å². The number of benzene rings is 2. The van der Waals surface area contributed by atoms with E-state index in [0.29, 0.717) is 17.2 Å². The van der Waals surface area contributed by atoms with E-state index in [-0.39, 0.29) is 12.3 Å². The number of nitro groups is 1. The molecule has 1 amide bonds. The lowest BCUT2D eigenvalue weighted by Crippen LogP contribution is -2.24. The molecule has 2 rings (SSSR count). The van der Waals surface area contributed by atoms with Crippen molar-refractivity contribution in [2.75, 3.05) is 6.61 Å². The number of nitrogens with one attached hydrogen (secondary N) is 1. The molecule has 0 aliphatic rings. The van der Waals surface area contributed by atoms with Crippen LogP contribution in [-0.4, -0.2) is 23.7 Å². The van der Waals surface area contributed by atoms with E-state index >= 15 is 0 Å². The first-order valence-electron chi connectivity index (χ1n) is 8.78. The highest BCUT2D eigenvalue weighted by Gasteiger charge is 2.06. The summed E-state index contributed by atoms with van der Waals surface area (Å²) in [5.41, 5.74) is 4.25. The highest BCUT2D eigenvalue weighted by Crippen LogP contribution is 2.22. The summed E-state index contributed by atoms with van der Waals surface area (Å²) >= 11 is 0. The summed E-state index contributed by atoms with van der Waals surface area (Å²) in [7, 11) is 0. The molecule has 1 atom stereocenters. The average molecular weight is 369 g/mol. The fraction of sp³-hybridized carbons (Fsp3) is 0.300. The number of hydrogen-bond donors (Lipinski definition) is 1. The lowest BCUT2D eigenvalue weighted by molar-refractivity contribution is -0.384. The maximum absolute atomic E-state index is 11.8. The Morgan fingerprint density at radius 2 is 1.89 bits per heavy atom. The van der Waals surface area contributed by atoms with Crippen LogP contribution in [0.2, 0.25) is 0 Å². The van der Waals surface area contributed by atoms with Crippen molar-refractivity contribution in [2.45, 2.75) is 32.6 Å². The summed E-state index contributed by atoms with van der Waals surface area (Å²) in [6.07, 6.45) is 3.68. The second kappa shape index (κ2) is 10.1. The van der Waals surface area contributed by atoms with E-state index in [1.807, 2.05) is 24.3 Å². The van der Waals surface area contributed by atoms with Gasteiger partial charge in [-0.05, 0) is 47.7 Å². The molecule has 0 saturated carbocycles. The lowest BCUT2D eigenvalue weighted by atomic mass is 9.97. The van der Waals surface area contributed by atoms with Crippen molar-refractivity contribution in [3.8, 4) is 5.75 Å². The molecule has 7 nitrogen and oxygen atoms in total. The van der Waals surface area contributed by atoms with E-state index < -0.39 is 10.8 Å². The van der Waals surface area contributed by atoms with Gasteiger partial charge >= 0.3 is 0 Å². The van der Waals surface area contributed by atoms with Gasteiger partial charge in [-0.1, -0.05) is 32.4 Å². The lowest BCUT2D eigenvalue weighted by Gasteiger charge is -2.11. The fourth-order valence-electron chi connectivity index (χ4n) is 2.53. The summed E-state index contributed by atoms with van der Waals surface area (Å²) in [4.78, 5) is 21.9. The number of ether oxygens (including phenoxy) is 1. The molecule has 0 fully saturated rings. The molecular weight excluding hydrogens is 346 g/mol. The Hall–Kier alpha value is -3.22. The minimum absolute atomic E-state index is 0.000285. The molecule has 0 aliphatic heterocycles. The van der Waals surface area contributed by atoms with Gasteiger partial charge in [0.05, 0.1) is 11.1 Å². The molecule has 0 aromatic heterocycles. The van der Waals surface area contributed by atoms with Crippen molar-refractivity contribution in [3.05, 3.63) is 69.8 Å². The molecule has 0 aliphatic carbocycles. The number of non-ortho nitro benzene ring substituents is 1. The summed E-state index contributed by atoms with van der Waals surface area (Å²) < 4.78 is 5.45. The van der Waals surface area contributed by atoms with Crippen LogP contribution < -0.4 is 10.2 Å². The summed E-state index contributed by atoms with van der Waals surface area (Å²) in [6.45, 7) is 4.20. The third-order valence-electron chi connectivity index (χ3n) is 4.05. The number of nitrogens with zero attached hydrogens (tertiary/aromatic N) is 2. The molecule has 0 radical (unpaired) electrons. The van der Waals surface area contributed by atoms with Gasteiger partial charge in [-0.2, -0.15) is 5.10 Å². The SMILES string of the molecule is CCCC(C)c1ccc(OCC(=O)NN=Cc2ccc([N+](=O)[O-])cc2)cc1. The number of rotatable bonds is 9. The van der Waals surface area contributed by atoms with E-state index in [4.69, 9.17) is 4.74 Å². The van der Waals surface area contributed by atoms with E-state index in [9.17, 15) is 14.9 Å². The molecule has 7 heteroatoms. The van der Waals surface area contributed by atoms with Crippen molar-refractivity contribution in [3.63, 3.8) is 0 Å². The van der Waals surface area contributed by atoms with Gasteiger partial charge < -0.3 is 4.74 Å². The van der Waals surface area contributed by atoms with Gasteiger partial charge in [0, 0.05) is 12.1 Å². The minimum Gasteiger partial charge on any atom is -0.484 e. The predicted octanol–water partition coefficient (Wildman–Crippen LogP) is 4.03. The monoisotopic (exact) mass is 369 g/mol. The first-order chi connectivity index (χ1) is 13.0. The standard InChI is InChI=1S/C20H23N3O4/c1-3-4-15(2)17-7-11-19(12-8-17)27-14-20(24)22-21-13-16-5-9-18(10-6-16)23(25)26/h5-13,15H,3-4,14H2,1-2H3,(H,22,24). The van der Waals surface area contributed by atoms with Crippen molar-refractivity contribution in [2.24, 2.45) is 5.10 Å². The van der Waals surface area contributed by atoms with Crippen molar-refractivity contribution in [1.82, 2.24) is 5.43 Å². The Kier molecular flexibility index (Phi) is 7.49. The van der Waals surface area contributed by atoms with Gasteiger partial charge in [0.1, 0.15) is 5.75 Å². The number of carbonyl (C=O) groups is 1. The van der Waals surface area contributed by atoms with Gasteiger partial charge in [-0.25, -0.2) is 5.43 Å². The molecular formula is C20H23N3O4. The maximum atomic E-state index is 11.8. The highest BCUT2D eigenvalue weighted by molar-refractivity contribution is 5.83. The molecule has 0 saturated heterocycles. The summed E-state index contributed by atoms with van der Waals surface area (Å²) in [5, 5.41) is 14.4. The Balaban J connectivity index is 1.78. The normalized spacial score (nSPS) is 11.9. The van der Waals surface area contributed by atoms with Gasteiger partial charge in [-0.3, -0.25) is 14.9 Å². The fourth-order valence-corrected chi connectivity index (χ4v) is 2.53. The zero-order chi connectivity index (χ0) is 19.6. The van der Waals surface area contributed by atoms with Crippen molar-refractivity contribution in [1.29, 1.82) is 0 Å². The Bertz CT molecular complexity index is 786. The molecule has 0 heterocycles. The number of nitro benzene ring substituents is 1. The summed E-state index contributed by atoms with van der Waals surface area (Å²) in [6, 6.07) is 13.6. The number of amides is 1. The highest BCUT2D eigenvalue weighted by atomic mass is 16.6. The molecule has 2 aromatic carbocycles. The largest absolute Gasteiger partial charge is 0.484 e. The second-order valence-corrected chi connectivity index (χ2v) is 6.19. The predicted molar refractivity (Wildman–Crippen MR) is 104 cm³/mol. The number of hydrogen-bond acceptors (Lipinski definition) is 5. The maximum Gasteiger partial charge on any atom is 0.277 e. The number of hydrazone groups is 1. The smallest absolute Gasteiger partial charge is 0.277 e. The first-order valence-corrected chi connectivity index (χ1v) is 8.78. The van der Waals surface area contributed by atoms with Crippen LogP contribution in [0.4, 0.5) is 5.69 Å². The first kappa shape index (κ1) is 20.1. The van der Waals surface area contributed by atoms with Crippen LogP contribution in [0, 0.1) is 10.1 Å². The summed E-state index contributed by atoms with van der Waals surface area (Å²) in [5.74, 6) is 0.731. The Morgan fingerprint density at radius 1 is 1.22 bits per heavy atom. The van der Waals surface area contributed by atoms with E-state index in [1.54, 1.807) is 12.1 Å². The minimum atomic E-state index is -0.475. The number of carbonyl (C=O) groups excluding carboxylic acids is 1. The molecule has 1 N–H and O–H groups in total. The van der Waals surface area contributed by atoms with E-state index in [0.717, 1.165) is 12.8 Å². The van der Waals surface area contributed by atoms with Gasteiger partial charge in [0.15, 0.2) is 6.61 Å². The molecule has 142 valence electrons. The molecule has 2 aromatic rings. The molecule has 0 spiro atoms. The molecule has 27 heavy (non-hydrogen) atoms. The second-order valence-electron chi connectivity index (χ2n) is 6.19. The van der Waals surface area contributed by atoms with E-state index in [2.05, 4.69) is 24.4 Å². The van der Waals surface area contributed by atoms with Crippen LogP contribution in [-0.2, 0) is 4.79 Å². The van der Waals surface area contributed by atoms with Crippen LogP contribution in [0.3, 0.4) is 0 Å². The van der Waals surface area contributed by atoms with Crippen LogP contribution in [0.1, 0.15) is 43.7 Å².